The molecule has 2 aromatic rings. The van der Waals surface area contributed by atoms with Gasteiger partial charge in [0.05, 0.1) is 6.54 Å². The van der Waals surface area contributed by atoms with Crippen molar-refractivity contribution >= 4 is 27.5 Å². The van der Waals surface area contributed by atoms with Crippen LogP contribution >= 0.6 is 15.9 Å². The zero-order chi connectivity index (χ0) is 13.7. The number of ether oxygens (including phenoxy) is 1. The average Bonchev–Trinajstić information content (AvgIpc) is 2.83. The molecule has 19 heavy (non-hydrogen) atoms. The highest BCUT2D eigenvalue weighted by Gasteiger charge is 2.06. The van der Waals surface area contributed by atoms with Crippen LogP contribution < -0.4 is 15.8 Å². The van der Waals surface area contributed by atoms with Crippen molar-refractivity contribution in [3.63, 3.8) is 0 Å². The van der Waals surface area contributed by atoms with Gasteiger partial charge in [0.15, 0.2) is 0 Å². The van der Waals surface area contributed by atoms with Crippen molar-refractivity contribution in [1.82, 2.24) is 10.3 Å². The lowest BCUT2D eigenvalue weighted by Crippen LogP contribution is -2.28. The summed E-state index contributed by atoms with van der Waals surface area (Å²) in [6.07, 6.45) is 1.71. The van der Waals surface area contributed by atoms with Gasteiger partial charge in [-0.1, -0.05) is 0 Å². The molecule has 6 heteroatoms. The van der Waals surface area contributed by atoms with E-state index in [9.17, 15) is 4.79 Å². The van der Waals surface area contributed by atoms with Gasteiger partial charge in [0.1, 0.15) is 18.1 Å². The van der Waals surface area contributed by atoms with Crippen LogP contribution in [0.25, 0.3) is 0 Å². The monoisotopic (exact) mass is 323 g/mol. The Morgan fingerprint density at radius 2 is 2.11 bits per heavy atom. The predicted molar refractivity (Wildman–Crippen MR) is 77.2 cm³/mol. The fourth-order valence-electron chi connectivity index (χ4n) is 1.49. The summed E-state index contributed by atoms with van der Waals surface area (Å²) in [7, 11) is 0. The Morgan fingerprint density at radius 1 is 1.37 bits per heavy atom. The van der Waals surface area contributed by atoms with Gasteiger partial charge >= 0.3 is 0 Å². The minimum atomic E-state index is -0.161. The average molecular weight is 324 g/mol. The molecule has 0 fully saturated rings. The highest BCUT2D eigenvalue weighted by atomic mass is 79.9. The summed E-state index contributed by atoms with van der Waals surface area (Å²) in [6, 6.07) is 8.84. The first-order chi connectivity index (χ1) is 9.15. The summed E-state index contributed by atoms with van der Waals surface area (Å²) < 4.78 is 6.31. The van der Waals surface area contributed by atoms with E-state index in [1.54, 1.807) is 36.5 Å². The highest BCUT2D eigenvalue weighted by molar-refractivity contribution is 9.10. The smallest absolute Gasteiger partial charge is 0.267 e. The Balaban J connectivity index is 1.72. The van der Waals surface area contributed by atoms with Gasteiger partial charge in [-0.25, -0.2) is 0 Å². The van der Waals surface area contributed by atoms with Crippen LogP contribution in [0.3, 0.4) is 0 Å². The summed E-state index contributed by atoms with van der Waals surface area (Å²) in [5.41, 5.74) is 6.77. The van der Waals surface area contributed by atoms with Crippen LogP contribution in [0.4, 0.5) is 5.69 Å². The number of anilines is 1. The molecular formula is C13H14BrN3O2. The standard InChI is InChI=1S/C13H14BrN3O2/c14-9-7-12(17-8-9)13(18)16-5-6-19-11-3-1-10(15)2-4-11/h1-4,7-8,17H,5-6,15H2,(H,16,18). The molecule has 0 spiro atoms. The van der Waals surface area contributed by atoms with E-state index in [1.807, 2.05) is 0 Å². The fourth-order valence-corrected chi connectivity index (χ4v) is 1.84. The molecule has 0 aliphatic heterocycles. The van der Waals surface area contributed by atoms with Gasteiger partial charge in [-0.2, -0.15) is 0 Å². The minimum Gasteiger partial charge on any atom is -0.492 e. The van der Waals surface area contributed by atoms with Crippen LogP contribution in [0.2, 0.25) is 0 Å². The quantitative estimate of drug-likeness (QED) is 0.582. The molecule has 100 valence electrons. The Morgan fingerprint density at radius 3 is 2.74 bits per heavy atom. The van der Waals surface area contributed by atoms with Crippen molar-refractivity contribution in [2.75, 3.05) is 18.9 Å². The first-order valence-electron chi connectivity index (χ1n) is 5.75. The number of nitrogens with one attached hydrogen (secondary N) is 2. The molecule has 4 N–H and O–H groups in total. The van der Waals surface area contributed by atoms with E-state index < -0.39 is 0 Å². The Kier molecular flexibility index (Phi) is 4.46. The number of H-pyrrole nitrogens is 1. The number of carbonyl (C=O) groups is 1. The van der Waals surface area contributed by atoms with Gasteiger partial charge < -0.3 is 20.8 Å². The molecule has 0 atom stereocenters. The van der Waals surface area contributed by atoms with Gasteiger partial charge in [-0.05, 0) is 46.3 Å². The molecule has 5 nitrogen and oxygen atoms in total. The minimum absolute atomic E-state index is 0.161. The number of nitrogens with two attached hydrogens (primary N) is 1. The second-order valence-corrected chi connectivity index (χ2v) is 4.82. The van der Waals surface area contributed by atoms with E-state index in [0.29, 0.717) is 24.5 Å². The molecule has 1 aromatic heterocycles. The summed E-state index contributed by atoms with van der Waals surface area (Å²) in [5.74, 6) is 0.567. The van der Waals surface area contributed by atoms with Gasteiger partial charge in [0, 0.05) is 16.4 Å². The zero-order valence-corrected chi connectivity index (χ0v) is 11.7. The fraction of sp³-hybridized carbons (Fsp3) is 0.154. The number of rotatable bonds is 5. The van der Waals surface area contributed by atoms with Crippen LogP contribution in [0, 0.1) is 0 Å². The van der Waals surface area contributed by atoms with Gasteiger partial charge in [0.2, 0.25) is 0 Å². The molecule has 0 bridgehead atoms. The van der Waals surface area contributed by atoms with Crippen molar-refractivity contribution in [2.45, 2.75) is 0 Å². The van der Waals surface area contributed by atoms with E-state index in [0.717, 1.165) is 10.2 Å². The van der Waals surface area contributed by atoms with E-state index in [-0.39, 0.29) is 5.91 Å². The maximum Gasteiger partial charge on any atom is 0.267 e. The van der Waals surface area contributed by atoms with Crippen LogP contribution in [0.5, 0.6) is 5.75 Å². The number of hydrogen-bond acceptors (Lipinski definition) is 3. The maximum atomic E-state index is 11.7. The molecule has 0 saturated carbocycles. The van der Waals surface area contributed by atoms with Crippen LogP contribution in [-0.2, 0) is 0 Å². The summed E-state index contributed by atoms with van der Waals surface area (Å²) in [6.45, 7) is 0.831. The predicted octanol–water partition coefficient (Wildman–Crippen LogP) is 2.17. The van der Waals surface area contributed by atoms with E-state index >= 15 is 0 Å². The topological polar surface area (TPSA) is 80.1 Å². The SMILES string of the molecule is Nc1ccc(OCCNC(=O)c2cc(Br)c[nH]2)cc1. The number of amides is 1. The summed E-state index contributed by atoms with van der Waals surface area (Å²) in [5, 5.41) is 2.75. The van der Waals surface area contributed by atoms with Crippen LogP contribution in [0.15, 0.2) is 41.0 Å². The van der Waals surface area contributed by atoms with E-state index in [2.05, 4.69) is 26.2 Å². The molecule has 1 heterocycles. The lowest BCUT2D eigenvalue weighted by atomic mass is 10.3. The molecule has 1 amide bonds. The Labute approximate surface area is 119 Å². The van der Waals surface area contributed by atoms with Crippen LogP contribution in [-0.4, -0.2) is 24.0 Å². The van der Waals surface area contributed by atoms with Crippen molar-refractivity contribution in [3.8, 4) is 5.75 Å². The van der Waals surface area contributed by atoms with E-state index in [4.69, 9.17) is 10.5 Å². The molecule has 0 aliphatic rings. The number of carbonyl (C=O) groups excluding carboxylic acids is 1. The van der Waals surface area contributed by atoms with Crippen molar-refractivity contribution in [2.24, 2.45) is 0 Å². The molecular weight excluding hydrogens is 310 g/mol. The molecule has 0 radical (unpaired) electrons. The third-order valence-corrected chi connectivity index (χ3v) is 2.89. The van der Waals surface area contributed by atoms with Gasteiger partial charge in [-0.3, -0.25) is 4.79 Å². The van der Waals surface area contributed by atoms with Crippen LogP contribution in [0.1, 0.15) is 10.5 Å². The third kappa shape index (κ3) is 4.03. The van der Waals surface area contributed by atoms with Gasteiger partial charge in [-0.15, -0.1) is 0 Å². The molecule has 0 unspecified atom stereocenters. The third-order valence-electron chi connectivity index (χ3n) is 2.43. The lowest BCUT2D eigenvalue weighted by molar-refractivity contribution is 0.0942. The maximum absolute atomic E-state index is 11.7. The molecule has 1 aromatic carbocycles. The Hall–Kier alpha value is -1.95. The second kappa shape index (κ2) is 6.29. The number of nitrogen functional groups attached to an aromatic ring is 1. The molecule has 0 aliphatic carbocycles. The Bertz CT molecular complexity index is 551. The lowest BCUT2D eigenvalue weighted by Gasteiger charge is -2.07. The number of aromatic nitrogens is 1. The normalized spacial score (nSPS) is 10.2. The van der Waals surface area contributed by atoms with Crippen molar-refractivity contribution < 1.29 is 9.53 Å². The van der Waals surface area contributed by atoms with Crippen molar-refractivity contribution in [3.05, 3.63) is 46.7 Å². The molecule has 0 saturated heterocycles. The highest BCUT2D eigenvalue weighted by Crippen LogP contribution is 2.12. The number of halogens is 1. The number of hydrogen-bond donors (Lipinski definition) is 3. The van der Waals surface area contributed by atoms with Crippen molar-refractivity contribution in [1.29, 1.82) is 0 Å². The number of benzene rings is 1. The zero-order valence-electron chi connectivity index (χ0n) is 10.2. The largest absolute Gasteiger partial charge is 0.492 e. The first kappa shape index (κ1) is 13.5. The second-order valence-electron chi connectivity index (χ2n) is 3.90. The summed E-state index contributed by atoms with van der Waals surface area (Å²) >= 11 is 3.27. The first-order valence-corrected chi connectivity index (χ1v) is 6.55. The van der Waals surface area contributed by atoms with E-state index in [1.165, 1.54) is 0 Å². The molecule has 2 rings (SSSR count). The summed E-state index contributed by atoms with van der Waals surface area (Å²) in [4.78, 5) is 14.5. The number of aromatic amines is 1. The van der Waals surface area contributed by atoms with Gasteiger partial charge in [0.25, 0.3) is 5.91 Å².